The van der Waals surface area contributed by atoms with Crippen molar-refractivity contribution < 1.29 is 5.11 Å². The highest BCUT2D eigenvalue weighted by Crippen LogP contribution is 2.09. The van der Waals surface area contributed by atoms with Crippen LogP contribution in [0.2, 0.25) is 0 Å². The number of aliphatic hydroxyl groups excluding tert-OH is 1. The van der Waals surface area contributed by atoms with E-state index in [9.17, 15) is 5.11 Å². The zero-order chi connectivity index (χ0) is 8.10. The largest absolute Gasteiger partial charge is 0.392 e. The number of rotatable bonds is 2. The van der Waals surface area contributed by atoms with Crippen molar-refractivity contribution in [3.05, 3.63) is 0 Å². The van der Waals surface area contributed by atoms with Gasteiger partial charge in [-0.3, -0.25) is 4.90 Å². The van der Waals surface area contributed by atoms with E-state index in [1.807, 2.05) is 0 Å². The summed E-state index contributed by atoms with van der Waals surface area (Å²) in [6.45, 7) is 2.61. The topological polar surface area (TPSA) is 47.3 Å². The van der Waals surface area contributed by atoms with Gasteiger partial charge < -0.3 is 5.11 Å². The van der Waals surface area contributed by atoms with Gasteiger partial charge in [-0.25, -0.2) is 0 Å². The summed E-state index contributed by atoms with van der Waals surface area (Å²) in [7, 11) is 0. The number of nitrogens with zero attached hydrogens (tertiary/aromatic N) is 2. The van der Waals surface area contributed by atoms with Crippen LogP contribution in [-0.2, 0) is 0 Å². The van der Waals surface area contributed by atoms with Gasteiger partial charge >= 0.3 is 0 Å². The van der Waals surface area contributed by atoms with Gasteiger partial charge in [0.2, 0.25) is 0 Å². The molecule has 1 aliphatic heterocycles. The van der Waals surface area contributed by atoms with Crippen molar-refractivity contribution in [1.82, 2.24) is 4.90 Å². The maximum Gasteiger partial charge on any atom is 0.0667 e. The number of nitriles is 1. The minimum Gasteiger partial charge on any atom is -0.392 e. The van der Waals surface area contributed by atoms with Crippen molar-refractivity contribution in [3.8, 4) is 6.07 Å². The number of β-amino-alcohol motifs (C(OH)–C–C–N with tert-alkyl or cyclic N) is 1. The van der Waals surface area contributed by atoms with Gasteiger partial charge in [-0.05, 0) is 19.4 Å². The molecule has 1 N–H and O–H groups in total. The fraction of sp³-hybridized carbons (Fsp3) is 0.875. The van der Waals surface area contributed by atoms with Gasteiger partial charge in [0.05, 0.1) is 12.2 Å². The van der Waals surface area contributed by atoms with Gasteiger partial charge in [-0.2, -0.15) is 5.26 Å². The van der Waals surface area contributed by atoms with Crippen LogP contribution in [-0.4, -0.2) is 35.7 Å². The fourth-order valence-electron chi connectivity index (χ4n) is 1.44. The highest BCUT2D eigenvalue weighted by atomic mass is 16.3. The average Bonchev–Trinajstić information content (AvgIpc) is 2.01. The highest BCUT2D eigenvalue weighted by Gasteiger charge is 2.16. The standard InChI is InChI=1S/C8H14N2O/c9-4-2-6-10-5-1-3-8(11)7-10/h8,11H,1-3,5-7H2/t8-/m1/s1. The lowest BCUT2D eigenvalue weighted by molar-refractivity contribution is 0.0719. The monoisotopic (exact) mass is 154 g/mol. The smallest absolute Gasteiger partial charge is 0.0667 e. The maximum atomic E-state index is 9.25. The first-order valence-electron chi connectivity index (χ1n) is 4.10. The van der Waals surface area contributed by atoms with Crippen LogP contribution in [0.5, 0.6) is 0 Å². The molecule has 1 atom stereocenters. The Balaban J connectivity index is 2.18. The number of aliphatic hydroxyl groups is 1. The molecular weight excluding hydrogens is 140 g/mol. The van der Waals surface area contributed by atoms with Crippen LogP contribution >= 0.6 is 0 Å². The van der Waals surface area contributed by atoms with Crippen LogP contribution in [0.25, 0.3) is 0 Å². The molecule has 0 unspecified atom stereocenters. The minimum atomic E-state index is -0.164. The molecule has 0 aliphatic carbocycles. The Morgan fingerprint density at radius 2 is 2.45 bits per heavy atom. The molecule has 11 heavy (non-hydrogen) atoms. The summed E-state index contributed by atoms with van der Waals surface area (Å²) in [5.41, 5.74) is 0. The minimum absolute atomic E-state index is 0.164. The molecule has 1 saturated heterocycles. The van der Waals surface area contributed by atoms with E-state index in [1.54, 1.807) is 0 Å². The summed E-state index contributed by atoms with van der Waals surface area (Å²) in [6.07, 6.45) is 2.39. The zero-order valence-corrected chi connectivity index (χ0v) is 6.66. The van der Waals surface area contributed by atoms with Crippen LogP contribution in [0.3, 0.4) is 0 Å². The average molecular weight is 154 g/mol. The molecular formula is C8H14N2O. The molecule has 62 valence electrons. The molecule has 1 rings (SSSR count). The Hall–Kier alpha value is -0.590. The molecule has 0 radical (unpaired) electrons. The Morgan fingerprint density at radius 1 is 1.64 bits per heavy atom. The number of hydrogen-bond donors (Lipinski definition) is 1. The third-order valence-electron chi connectivity index (χ3n) is 2.02. The molecule has 1 aliphatic rings. The summed E-state index contributed by atoms with van der Waals surface area (Å²) in [4.78, 5) is 2.15. The first-order valence-corrected chi connectivity index (χ1v) is 4.10. The maximum absolute atomic E-state index is 9.25. The summed E-state index contributed by atoms with van der Waals surface area (Å²) in [5.74, 6) is 0. The molecule has 0 aromatic heterocycles. The second-order valence-corrected chi connectivity index (χ2v) is 3.00. The van der Waals surface area contributed by atoms with Crippen LogP contribution in [0.4, 0.5) is 0 Å². The molecule has 0 saturated carbocycles. The molecule has 0 amide bonds. The molecule has 3 heteroatoms. The van der Waals surface area contributed by atoms with Gasteiger partial charge in [-0.1, -0.05) is 0 Å². The number of likely N-dealkylation sites (tertiary alicyclic amines) is 1. The predicted molar refractivity (Wildman–Crippen MR) is 41.9 cm³/mol. The van der Waals surface area contributed by atoms with E-state index >= 15 is 0 Å². The van der Waals surface area contributed by atoms with Crippen molar-refractivity contribution in [1.29, 1.82) is 5.26 Å². The lowest BCUT2D eigenvalue weighted by Crippen LogP contribution is -2.38. The lowest BCUT2D eigenvalue weighted by atomic mass is 10.1. The molecule has 0 aromatic carbocycles. The van der Waals surface area contributed by atoms with Crippen LogP contribution in [0.15, 0.2) is 0 Å². The van der Waals surface area contributed by atoms with Crippen molar-refractivity contribution in [2.45, 2.75) is 25.4 Å². The first-order chi connectivity index (χ1) is 5.33. The number of hydrogen-bond acceptors (Lipinski definition) is 3. The molecule has 0 bridgehead atoms. The molecule has 0 spiro atoms. The van der Waals surface area contributed by atoms with Gasteiger partial charge in [0.25, 0.3) is 0 Å². The fourth-order valence-corrected chi connectivity index (χ4v) is 1.44. The second-order valence-electron chi connectivity index (χ2n) is 3.00. The third kappa shape index (κ3) is 2.87. The Kier molecular flexibility index (Phi) is 3.34. The summed E-state index contributed by atoms with van der Waals surface area (Å²) < 4.78 is 0. The van der Waals surface area contributed by atoms with E-state index in [4.69, 9.17) is 5.26 Å². The van der Waals surface area contributed by atoms with E-state index in [2.05, 4.69) is 11.0 Å². The van der Waals surface area contributed by atoms with Gasteiger partial charge in [0.15, 0.2) is 0 Å². The summed E-state index contributed by atoms with van der Waals surface area (Å²) >= 11 is 0. The molecule has 3 nitrogen and oxygen atoms in total. The van der Waals surface area contributed by atoms with Gasteiger partial charge in [0, 0.05) is 19.5 Å². The Bertz CT molecular complexity index is 153. The SMILES string of the molecule is N#CCCN1CCC[C@@H](O)C1. The van der Waals surface area contributed by atoms with E-state index in [0.29, 0.717) is 6.42 Å². The second kappa shape index (κ2) is 4.32. The van der Waals surface area contributed by atoms with E-state index in [-0.39, 0.29) is 6.10 Å². The molecule has 0 aromatic rings. The van der Waals surface area contributed by atoms with Crippen molar-refractivity contribution in [2.24, 2.45) is 0 Å². The summed E-state index contributed by atoms with van der Waals surface area (Å²) in [5, 5.41) is 17.6. The van der Waals surface area contributed by atoms with Crippen LogP contribution in [0.1, 0.15) is 19.3 Å². The predicted octanol–water partition coefficient (Wildman–Crippen LogP) is 0.357. The lowest BCUT2D eigenvalue weighted by Gasteiger charge is -2.28. The van der Waals surface area contributed by atoms with Crippen molar-refractivity contribution in [2.75, 3.05) is 19.6 Å². The number of piperidine rings is 1. The normalized spacial score (nSPS) is 26.4. The van der Waals surface area contributed by atoms with E-state index < -0.39 is 0 Å². The quantitative estimate of drug-likeness (QED) is 0.624. The van der Waals surface area contributed by atoms with Crippen molar-refractivity contribution >= 4 is 0 Å². The van der Waals surface area contributed by atoms with E-state index in [0.717, 1.165) is 32.5 Å². The first kappa shape index (κ1) is 8.51. The van der Waals surface area contributed by atoms with Crippen LogP contribution in [0, 0.1) is 11.3 Å². The summed E-state index contributed by atoms with van der Waals surface area (Å²) in [6, 6.07) is 2.11. The van der Waals surface area contributed by atoms with Crippen LogP contribution < -0.4 is 0 Å². The molecule has 1 heterocycles. The van der Waals surface area contributed by atoms with E-state index in [1.165, 1.54) is 0 Å². The highest BCUT2D eigenvalue weighted by molar-refractivity contribution is 4.76. The molecule has 1 fully saturated rings. The van der Waals surface area contributed by atoms with Crippen molar-refractivity contribution in [3.63, 3.8) is 0 Å². The third-order valence-corrected chi connectivity index (χ3v) is 2.02. The Labute approximate surface area is 67.2 Å². The van der Waals surface area contributed by atoms with Gasteiger partial charge in [-0.15, -0.1) is 0 Å². The Morgan fingerprint density at radius 3 is 3.09 bits per heavy atom. The zero-order valence-electron chi connectivity index (χ0n) is 6.66. The van der Waals surface area contributed by atoms with Gasteiger partial charge in [0.1, 0.15) is 0 Å².